The lowest BCUT2D eigenvalue weighted by Gasteiger charge is -2.28. The van der Waals surface area contributed by atoms with E-state index in [1.807, 2.05) is 0 Å². The summed E-state index contributed by atoms with van der Waals surface area (Å²) in [7, 11) is 0. The van der Waals surface area contributed by atoms with Crippen molar-refractivity contribution in [2.45, 2.75) is 66.2 Å². The Hall–Kier alpha value is 0.0700. The molecule has 116 valence electrons. The van der Waals surface area contributed by atoms with E-state index in [1.165, 1.54) is 51.6 Å². The Labute approximate surface area is 132 Å². The molecule has 0 spiro atoms. The maximum Gasteiger partial charge on any atom is 0.0726 e. The molecule has 0 fully saturated rings. The van der Waals surface area contributed by atoms with Crippen molar-refractivity contribution in [1.29, 1.82) is 0 Å². The SMILES string of the molecule is CCCCCN(CCCCC)C(=S)[S-].CC[NH2+]CC. The highest BCUT2D eigenvalue weighted by Crippen LogP contribution is 2.03. The zero-order valence-electron chi connectivity index (χ0n) is 13.4. The average molecular weight is 307 g/mol. The second-order valence-electron chi connectivity index (χ2n) is 4.77. The first-order valence-corrected chi connectivity index (χ1v) is 8.73. The first kappa shape index (κ1) is 21.4. The molecular formula is C15H34N2S2. The molecule has 0 aromatic heterocycles. The maximum atomic E-state index is 5.06. The van der Waals surface area contributed by atoms with Gasteiger partial charge in [-0.15, -0.1) is 0 Å². The minimum Gasteiger partial charge on any atom is -0.411 e. The summed E-state index contributed by atoms with van der Waals surface area (Å²) < 4.78 is 0.650. The fourth-order valence-electron chi connectivity index (χ4n) is 1.69. The van der Waals surface area contributed by atoms with Gasteiger partial charge in [0.2, 0.25) is 0 Å². The second kappa shape index (κ2) is 18.1. The van der Waals surface area contributed by atoms with E-state index >= 15 is 0 Å². The summed E-state index contributed by atoms with van der Waals surface area (Å²) in [5.74, 6) is 0. The van der Waals surface area contributed by atoms with Crippen LogP contribution in [-0.2, 0) is 12.6 Å². The number of quaternary nitrogens is 1. The Morgan fingerprint density at radius 1 is 0.895 bits per heavy atom. The lowest BCUT2D eigenvalue weighted by atomic mass is 10.2. The summed E-state index contributed by atoms with van der Waals surface area (Å²) in [6.07, 6.45) is 7.52. The zero-order chi connectivity index (χ0) is 14.9. The van der Waals surface area contributed by atoms with E-state index in [1.54, 1.807) is 0 Å². The van der Waals surface area contributed by atoms with Gasteiger partial charge in [0.25, 0.3) is 0 Å². The molecule has 0 saturated heterocycles. The van der Waals surface area contributed by atoms with Crippen LogP contribution in [0.25, 0.3) is 0 Å². The van der Waals surface area contributed by atoms with Crippen molar-refractivity contribution in [2.75, 3.05) is 26.2 Å². The Balaban J connectivity index is 0. The van der Waals surface area contributed by atoms with Gasteiger partial charge in [0.05, 0.1) is 13.1 Å². The summed E-state index contributed by atoms with van der Waals surface area (Å²) in [5, 5.41) is 2.25. The van der Waals surface area contributed by atoms with Gasteiger partial charge < -0.3 is 35.1 Å². The van der Waals surface area contributed by atoms with Gasteiger partial charge in [-0.3, -0.25) is 0 Å². The second-order valence-corrected chi connectivity index (χ2v) is 5.80. The number of hydrogen-bond acceptors (Lipinski definition) is 2. The van der Waals surface area contributed by atoms with Crippen LogP contribution in [0.1, 0.15) is 66.2 Å². The van der Waals surface area contributed by atoms with Gasteiger partial charge in [0.15, 0.2) is 0 Å². The van der Waals surface area contributed by atoms with E-state index in [0.29, 0.717) is 4.32 Å². The molecule has 0 radical (unpaired) electrons. The van der Waals surface area contributed by atoms with E-state index in [2.05, 4.69) is 37.9 Å². The molecule has 4 heteroatoms. The van der Waals surface area contributed by atoms with Crippen LogP contribution >= 0.6 is 12.2 Å². The van der Waals surface area contributed by atoms with Crippen LogP contribution in [0.5, 0.6) is 0 Å². The van der Waals surface area contributed by atoms with Gasteiger partial charge in [-0.2, -0.15) is 0 Å². The van der Waals surface area contributed by atoms with Crippen LogP contribution in [0.3, 0.4) is 0 Å². The molecule has 0 aromatic rings. The Morgan fingerprint density at radius 2 is 1.32 bits per heavy atom. The van der Waals surface area contributed by atoms with E-state index in [9.17, 15) is 0 Å². The van der Waals surface area contributed by atoms with Gasteiger partial charge in [-0.05, 0) is 26.7 Å². The first-order valence-electron chi connectivity index (χ1n) is 7.91. The van der Waals surface area contributed by atoms with E-state index in [0.717, 1.165) is 13.1 Å². The molecule has 0 aliphatic heterocycles. The third-order valence-electron chi connectivity index (χ3n) is 2.90. The fraction of sp³-hybridized carbons (Fsp3) is 0.933. The highest BCUT2D eigenvalue weighted by Gasteiger charge is 1.99. The van der Waals surface area contributed by atoms with E-state index in [4.69, 9.17) is 24.8 Å². The molecule has 0 rings (SSSR count). The van der Waals surface area contributed by atoms with Crippen molar-refractivity contribution < 1.29 is 5.32 Å². The maximum absolute atomic E-state index is 5.06. The predicted molar refractivity (Wildman–Crippen MR) is 93.6 cm³/mol. The van der Waals surface area contributed by atoms with Crippen molar-refractivity contribution >= 4 is 29.2 Å². The van der Waals surface area contributed by atoms with E-state index in [-0.39, 0.29) is 0 Å². The molecule has 0 heterocycles. The molecule has 0 aliphatic carbocycles. The van der Waals surface area contributed by atoms with Crippen LogP contribution in [-0.4, -0.2) is 35.4 Å². The van der Waals surface area contributed by atoms with Crippen LogP contribution in [0.15, 0.2) is 0 Å². The molecule has 0 unspecified atom stereocenters. The molecule has 0 aromatic carbocycles. The van der Waals surface area contributed by atoms with Crippen molar-refractivity contribution in [3.8, 4) is 0 Å². The molecule has 2 N–H and O–H groups in total. The molecule has 0 saturated carbocycles. The Morgan fingerprint density at radius 3 is 1.53 bits per heavy atom. The number of rotatable bonds is 10. The van der Waals surface area contributed by atoms with Crippen molar-refractivity contribution in [2.24, 2.45) is 0 Å². The number of nitrogens with zero attached hydrogens (tertiary/aromatic N) is 1. The van der Waals surface area contributed by atoms with Gasteiger partial charge in [0, 0.05) is 13.1 Å². The number of unbranched alkanes of at least 4 members (excludes halogenated alkanes) is 4. The molecule has 0 atom stereocenters. The summed E-state index contributed by atoms with van der Waals surface area (Å²) in [6.45, 7) is 13.3. The first-order chi connectivity index (χ1) is 9.13. The Bertz CT molecular complexity index is 175. The van der Waals surface area contributed by atoms with Gasteiger partial charge >= 0.3 is 0 Å². The number of nitrogens with two attached hydrogens (primary N) is 1. The fourth-order valence-corrected chi connectivity index (χ4v) is 2.05. The van der Waals surface area contributed by atoms with Crippen molar-refractivity contribution in [1.82, 2.24) is 4.90 Å². The number of thiocarbonyl (C=S) groups is 1. The molecule has 19 heavy (non-hydrogen) atoms. The lowest BCUT2D eigenvalue weighted by Crippen LogP contribution is -2.82. The normalized spacial score (nSPS) is 9.68. The summed E-state index contributed by atoms with van der Waals surface area (Å²) >= 11 is 10.1. The third-order valence-corrected chi connectivity index (χ3v) is 3.42. The monoisotopic (exact) mass is 306 g/mol. The Kier molecular flexibility index (Phi) is 20.3. The minimum absolute atomic E-state index is 0.650. The lowest BCUT2D eigenvalue weighted by molar-refractivity contribution is -0.648. The standard InChI is InChI=1S/C11H23NS2.C4H11N/c1-3-5-7-9-12(11(13)14)10-8-6-4-2;1-3-5-4-2/h3-10H2,1-2H3,(H,13,14);5H,3-4H2,1-2H3. The number of hydrogen-bond donors (Lipinski definition) is 1. The van der Waals surface area contributed by atoms with Gasteiger partial charge in [-0.25, -0.2) is 0 Å². The highest BCUT2D eigenvalue weighted by molar-refractivity contribution is 8.00. The smallest absolute Gasteiger partial charge is 0.0726 e. The third kappa shape index (κ3) is 18.1. The van der Waals surface area contributed by atoms with Crippen LogP contribution < -0.4 is 5.32 Å². The summed E-state index contributed by atoms with van der Waals surface area (Å²) in [6, 6.07) is 0. The molecular weight excluding hydrogens is 272 g/mol. The van der Waals surface area contributed by atoms with Crippen molar-refractivity contribution in [3.05, 3.63) is 0 Å². The summed E-state index contributed by atoms with van der Waals surface area (Å²) in [4.78, 5) is 2.18. The zero-order valence-corrected chi connectivity index (χ0v) is 15.0. The topological polar surface area (TPSA) is 19.9 Å². The predicted octanol–water partition coefficient (Wildman–Crippen LogP) is 3.09. The van der Waals surface area contributed by atoms with Crippen molar-refractivity contribution in [3.63, 3.8) is 0 Å². The molecule has 0 aliphatic rings. The van der Waals surface area contributed by atoms with Crippen LogP contribution in [0.4, 0.5) is 0 Å². The average Bonchev–Trinajstić information content (AvgIpc) is 2.39. The molecule has 2 nitrogen and oxygen atoms in total. The van der Waals surface area contributed by atoms with Gasteiger partial charge in [0.1, 0.15) is 0 Å². The van der Waals surface area contributed by atoms with Crippen LogP contribution in [0.2, 0.25) is 0 Å². The molecule has 0 amide bonds. The summed E-state index contributed by atoms with van der Waals surface area (Å²) in [5.41, 5.74) is 0. The minimum atomic E-state index is 0.650. The van der Waals surface area contributed by atoms with E-state index < -0.39 is 0 Å². The highest BCUT2D eigenvalue weighted by atomic mass is 32.1. The van der Waals surface area contributed by atoms with Gasteiger partial charge in [-0.1, -0.05) is 43.9 Å². The largest absolute Gasteiger partial charge is 0.411 e. The molecule has 0 bridgehead atoms. The van der Waals surface area contributed by atoms with Crippen LogP contribution in [0, 0.1) is 0 Å². The quantitative estimate of drug-likeness (QED) is 0.380.